The first-order valence-corrected chi connectivity index (χ1v) is 5.94. The van der Waals surface area contributed by atoms with Gasteiger partial charge in [-0.15, -0.1) is 11.6 Å². The normalized spacial score (nSPS) is 12.5. The quantitative estimate of drug-likeness (QED) is 0.356. The van der Waals surface area contributed by atoms with Crippen molar-refractivity contribution in [2.24, 2.45) is 0 Å². The second-order valence-corrected chi connectivity index (χ2v) is 4.12. The van der Waals surface area contributed by atoms with Crippen LogP contribution in [0.4, 0.5) is 0 Å². The highest BCUT2D eigenvalue weighted by Gasteiger charge is 2.08. The molecule has 0 rings (SSSR count). The van der Waals surface area contributed by atoms with Gasteiger partial charge >= 0.3 is 5.97 Å². The number of hydrogen-bond donors (Lipinski definition) is 0. The molecule has 0 radical (unpaired) electrons. The smallest absolute Gasteiger partial charge is 0.305 e. The molecule has 0 aromatic carbocycles. The third-order valence-electron chi connectivity index (χ3n) is 2.02. The van der Waals surface area contributed by atoms with Gasteiger partial charge in [0.25, 0.3) is 0 Å². The van der Waals surface area contributed by atoms with Gasteiger partial charge in [-0.25, -0.2) is 0 Å². The van der Waals surface area contributed by atoms with E-state index in [-0.39, 0.29) is 11.3 Å². The van der Waals surface area contributed by atoms with E-state index in [1.807, 2.05) is 0 Å². The van der Waals surface area contributed by atoms with Gasteiger partial charge in [0.2, 0.25) is 0 Å². The van der Waals surface area contributed by atoms with Gasteiger partial charge in [-0.05, 0) is 19.3 Å². The molecule has 0 bridgehead atoms. The lowest BCUT2D eigenvalue weighted by molar-refractivity contribution is -0.143. The molecule has 0 heterocycles. The highest BCUT2D eigenvalue weighted by atomic mass is 35.5. The summed E-state index contributed by atoms with van der Waals surface area (Å²) in [6.45, 7) is 4.72. The lowest BCUT2D eigenvalue weighted by Crippen LogP contribution is -2.08. The van der Waals surface area contributed by atoms with Crippen molar-refractivity contribution >= 4 is 17.6 Å². The minimum Gasteiger partial charge on any atom is -0.466 e. The monoisotopic (exact) mass is 220 g/mol. The fourth-order valence-corrected chi connectivity index (χ4v) is 1.46. The van der Waals surface area contributed by atoms with Gasteiger partial charge in [0.05, 0.1) is 6.61 Å². The molecule has 1 atom stereocenters. The minimum atomic E-state index is -0.111. The van der Waals surface area contributed by atoms with Crippen molar-refractivity contribution in [1.29, 1.82) is 0 Å². The van der Waals surface area contributed by atoms with E-state index in [1.54, 1.807) is 0 Å². The summed E-state index contributed by atoms with van der Waals surface area (Å²) in [5.74, 6) is -0.111. The van der Waals surface area contributed by atoms with Gasteiger partial charge in [-0.1, -0.05) is 26.7 Å². The predicted octanol–water partition coefficient (Wildman–Crippen LogP) is 3.52. The lowest BCUT2D eigenvalue weighted by Gasteiger charge is -2.07. The Kier molecular flexibility index (Phi) is 9.16. The molecule has 14 heavy (non-hydrogen) atoms. The van der Waals surface area contributed by atoms with Crippen LogP contribution in [-0.2, 0) is 9.53 Å². The number of rotatable bonds is 8. The minimum absolute atomic E-state index is 0.111. The van der Waals surface area contributed by atoms with Crippen molar-refractivity contribution < 1.29 is 9.53 Å². The Bertz CT molecular complexity index is 148. The molecular formula is C11H21ClO2. The van der Waals surface area contributed by atoms with Gasteiger partial charge in [0.15, 0.2) is 0 Å². The number of hydrogen-bond acceptors (Lipinski definition) is 2. The fraction of sp³-hybridized carbons (Fsp3) is 0.909. The maximum absolute atomic E-state index is 11.1. The lowest BCUT2D eigenvalue weighted by atomic mass is 10.1. The molecule has 0 aromatic rings. The Labute approximate surface area is 92.0 Å². The number of unbranched alkanes of at least 4 members (excludes halogenated alkanes) is 1. The second-order valence-electron chi connectivity index (χ2n) is 3.50. The topological polar surface area (TPSA) is 26.3 Å². The van der Waals surface area contributed by atoms with Crippen molar-refractivity contribution in [3.8, 4) is 0 Å². The van der Waals surface area contributed by atoms with Crippen LogP contribution in [0.2, 0.25) is 0 Å². The molecule has 0 saturated carbocycles. The van der Waals surface area contributed by atoms with Crippen molar-refractivity contribution in [2.45, 2.75) is 57.7 Å². The van der Waals surface area contributed by atoms with Gasteiger partial charge in [0.1, 0.15) is 0 Å². The Morgan fingerprint density at radius 2 is 2.00 bits per heavy atom. The molecule has 84 valence electrons. The highest BCUT2D eigenvalue weighted by molar-refractivity contribution is 6.20. The zero-order chi connectivity index (χ0) is 10.8. The summed E-state index contributed by atoms with van der Waals surface area (Å²) in [5, 5.41) is 0.124. The van der Waals surface area contributed by atoms with Crippen molar-refractivity contribution in [2.75, 3.05) is 6.61 Å². The Balaban J connectivity index is 3.34. The van der Waals surface area contributed by atoms with Crippen molar-refractivity contribution in [1.82, 2.24) is 0 Å². The molecule has 0 aliphatic rings. The molecule has 1 unspecified atom stereocenters. The summed E-state index contributed by atoms with van der Waals surface area (Å²) >= 11 is 5.98. The summed E-state index contributed by atoms with van der Waals surface area (Å²) in [5.41, 5.74) is 0. The summed E-state index contributed by atoms with van der Waals surface area (Å²) < 4.78 is 5.01. The summed E-state index contributed by atoms with van der Waals surface area (Å²) in [6, 6.07) is 0. The third-order valence-corrected chi connectivity index (χ3v) is 2.46. The first-order chi connectivity index (χ1) is 6.70. The zero-order valence-corrected chi connectivity index (χ0v) is 9.98. The number of esters is 1. The van der Waals surface area contributed by atoms with Crippen LogP contribution in [0.5, 0.6) is 0 Å². The maximum atomic E-state index is 11.1. The second kappa shape index (κ2) is 9.32. The van der Waals surface area contributed by atoms with E-state index in [2.05, 4.69) is 13.8 Å². The van der Waals surface area contributed by atoms with E-state index in [9.17, 15) is 4.79 Å². The molecular weight excluding hydrogens is 200 g/mol. The van der Waals surface area contributed by atoms with Gasteiger partial charge in [-0.3, -0.25) is 4.79 Å². The Hall–Kier alpha value is -0.240. The van der Waals surface area contributed by atoms with E-state index in [1.165, 1.54) is 0 Å². The molecule has 2 nitrogen and oxygen atoms in total. The van der Waals surface area contributed by atoms with Gasteiger partial charge in [-0.2, -0.15) is 0 Å². The van der Waals surface area contributed by atoms with Crippen LogP contribution in [0.1, 0.15) is 52.4 Å². The Morgan fingerprint density at radius 1 is 1.29 bits per heavy atom. The van der Waals surface area contributed by atoms with Crippen LogP contribution in [0.3, 0.4) is 0 Å². The summed E-state index contributed by atoms with van der Waals surface area (Å²) in [7, 11) is 0. The number of carbonyl (C=O) groups is 1. The van der Waals surface area contributed by atoms with E-state index >= 15 is 0 Å². The molecule has 0 saturated heterocycles. The maximum Gasteiger partial charge on any atom is 0.305 e. The molecule has 0 aliphatic carbocycles. The van der Waals surface area contributed by atoms with E-state index < -0.39 is 0 Å². The van der Waals surface area contributed by atoms with Crippen LogP contribution >= 0.6 is 11.6 Å². The van der Waals surface area contributed by atoms with Crippen LogP contribution in [0.25, 0.3) is 0 Å². The van der Waals surface area contributed by atoms with E-state index in [0.717, 1.165) is 32.1 Å². The highest BCUT2D eigenvalue weighted by Crippen LogP contribution is 2.12. The molecule has 0 aromatic heterocycles. The van der Waals surface area contributed by atoms with Crippen LogP contribution in [0.15, 0.2) is 0 Å². The fourth-order valence-electron chi connectivity index (χ4n) is 1.13. The number of alkyl halides is 1. The largest absolute Gasteiger partial charge is 0.466 e. The number of carbonyl (C=O) groups excluding carboxylic acids is 1. The van der Waals surface area contributed by atoms with Gasteiger partial charge < -0.3 is 4.74 Å². The third kappa shape index (κ3) is 8.36. The van der Waals surface area contributed by atoms with Crippen LogP contribution in [0, 0.1) is 0 Å². The van der Waals surface area contributed by atoms with Crippen molar-refractivity contribution in [3.63, 3.8) is 0 Å². The van der Waals surface area contributed by atoms with E-state index in [4.69, 9.17) is 16.3 Å². The average molecular weight is 221 g/mol. The Morgan fingerprint density at radius 3 is 2.57 bits per heavy atom. The van der Waals surface area contributed by atoms with Crippen molar-refractivity contribution in [3.05, 3.63) is 0 Å². The molecule has 0 N–H and O–H groups in total. The first-order valence-electron chi connectivity index (χ1n) is 5.50. The molecule has 0 amide bonds. The standard InChI is InChI=1S/C11H21ClO2/c1-3-5-9-14-11(13)8-7-10(12)6-4-2/h10H,3-9H2,1-2H3. The summed E-state index contributed by atoms with van der Waals surface area (Å²) in [4.78, 5) is 11.1. The van der Waals surface area contributed by atoms with Crippen LogP contribution < -0.4 is 0 Å². The average Bonchev–Trinajstić information content (AvgIpc) is 2.16. The predicted molar refractivity (Wildman–Crippen MR) is 59.7 cm³/mol. The molecule has 0 spiro atoms. The molecule has 3 heteroatoms. The molecule has 0 aliphatic heterocycles. The SMILES string of the molecule is CCCCOC(=O)CCC(Cl)CCC. The summed E-state index contributed by atoms with van der Waals surface area (Å²) in [6.07, 6.45) is 5.24. The zero-order valence-electron chi connectivity index (χ0n) is 9.22. The van der Waals surface area contributed by atoms with E-state index in [0.29, 0.717) is 13.0 Å². The van der Waals surface area contributed by atoms with Crippen LogP contribution in [-0.4, -0.2) is 18.0 Å². The number of ether oxygens (including phenoxy) is 1. The molecule has 0 fully saturated rings. The first kappa shape index (κ1) is 13.8. The van der Waals surface area contributed by atoms with Gasteiger partial charge in [0, 0.05) is 11.8 Å². The number of halogens is 1.